The van der Waals surface area contributed by atoms with Crippen LogP contribution in [0.4, 0.5) is 5.69 Å². The molecule has 0 saturated carbocycles. The van der Waals surface area contributed by atoms with Gasteiger partial charge in [0, 0.05) is 12.7 Å². The molecular formula is C18H19NO4. The van der Waals surface area contributed by atoms with E-state index in [0.717, 1.165) is 5.69 Å². The average Bonchev–Trinajstić information content (AvgIpc) is 2.61. The van der Waals surface area contributed by atoms with Gasteiger partial charge in [-0.15, -0.1) is 0 Å². The highest BCUT2D eigenvalue weighted by atomic mass is 16.5. The second-order valence-electron chi connectivity index (χ2n) is 5.01. The van der Waals surface area contributed by atoms with Crippen LogP contribution in [0.3, 0.4) is 0 Å². The molecule has 1 atom stereocenters. The van der Waals surface area contributed by atoms with Crippen molar-refractivity contribution >= 4 is 17.6 Å². The van der Waals surface area contributed by atoms with Gasteiger partial charge in [0.15, 0.2) is 6.10 Å². The second-order valence-corrected chi connectivity index (χ2v) is 5.01. The minimum Gasteiger partial charge on any atom is -0.497 e. The molecule has 23 heavy (non-hydrogen) atoms. The summed E-state index contributed by atoms with van der Waals surface area (Å²) in [5.41, 5.74) is 1.08. The molecule has 5 heteroatoms. The lowest BCUT2D eigenvalue weighted by atomic mass is 10.2. The largest absolute Gasteiger partial charge is 0.497 e. The summed E-state index contributed by atoms with van der Waals surface area (Å²) in [4.78, 5) is 26.0. The fourth-order valence-corrected chi connectivity index (χ4v) is 2.08. The number of amides is 1. The summed E-state index contributed by atoms with van der Waals surface area (Å²) in [6, 6.07) is 15.8. The SMILES string of the molecule is COc1cccc(C(=O)O[C@H](C)C(=O)N(C)c2ccccc2)c1. The monoisotopic (exact) mass is 313 g/mol. The van der Waals surface area contributed by atoms with Crippen LogP contribution in [0.15, 0.2) is 54.6 Å². The number of esters is 1. The maximum Gasteiger partial charge on any atom is 0.339 e. The van der Waals surface area contributed by atoms with Crippen molar-refractivity contribution in [2.24, 2.45) is 0 Å². The first kappa shape index (κ1) is 16.5. The molecular weight excluding hydrogens is 294 g/mol. The normalized spacial score (nSPS) is 11.4. The average molecular weight is 313 g/mol. The van der Waals surface area contributed by atoms with Gasteiger partial charge in [0.25, 0.3) is 5.91 Å². The van der Waals surface area contributed by atoms with Crippen LogP contribution >= 0.6 is 0 Å². The van der Waals surface area contributed by atoms with Gasteiger partial charge in [0.1, 0.15) is 5.75 Å². The van der Waals surface area contributed by atoms with E-state index in [2.05, 4.69) is 0 Å². The lowest BCUT2D eigenvalue weighted by Gasteiger charge is -2.21. The van der Waals surface area contributed by atoms with Gasteiger partial charge in [-0.25, -0.2) is 4.79 Å². The minimum atomic E-state index is -0.890. The van der Waals surface area contributed by atoms with E-state index in [9.17, 15) is 9.59 Å². The van der Waals surface area contributed by atoms with Gasteiger partial charge in [-0.3, -0.25) is 4.79 Å². The van der Waals surface area contributed by atoms with Crippen LogP contribution in [0.25, 0.3) is 0 Å². The number of ether oxygens (including phenoxy) is 2. The highest BCUT2D eigenvalue weighted by Gasteiger charge is 2.23. The molecule has 0 spiro atoms. The number of benzene rings is 2. The Morgan fingerprint density at radius 3 is 2.39 bits per heavy atom. The molecule has 5 nitrogen and oxygen atoms in total. The molecule has 2 rings (SSSR count). The number of carbonyl (C=O) groups is 2. The van der Waals surface area contributed by atoms with E-state index in [1.165, 1.54) is 12.0 Å². The number of hydrogen-bond donors (Lipinski definition) is 0. The Labute approximate surface area is 135 Å². The lowest BCUT2D eigenvalue weighted by Crippen LogP contribution is -2.37. The number of rotatable bonds is 5. The third-order valence-corrected chi connectivity index (χ3v) is 3.41. The summed E-state index contributed by atoms with van der Waals surface area (Å²) in [5, 5.41) is 0. The van der Waals surface area contributed by atoms with Crippen molar-refractivity contribution in [2.75, 3.05) is 19.1 Å². The number of anilines is 1. The molecule has 0 saturated heterocycles. The van der Waals surface area contributed by atoms with Gasteiger partial charge in [0.05, 0.1) is 12.7 Å². The van der Waals surface area contributed by atoms with E-state index < -0.39 is 12.1 Å². The van der Waals surface area contributed by atoms with Crippen LogP contribution in [0.2, 0.25) is 0 Å². The van der Waals surface area contributed by atoms with Crippen molar-refractivity contribution < 1.29 is 19.1 Å². The van der Waals surface area contributed by atoms with Crippen LogP contribution in [0.1, 0.15) is 17.3 Å². The zero-order valence-electron chi connectivity index (χ0n) is 13.4. The molecule has 0 aliphatic heterocycles. The quantitative estimate of drug-likeness (QED) is 0.797. The first-order valence-electron chi connectivity index (χ1n) is 7.20. The molecule has 2 aromatic carbocycles. The van der Waals surface area contributed by atoms with Gasteiger partial charge in [0.2, 0.25) is 0 Å². The third kappa shape index (κ3) is 4.10. The molecule has 0 unspecified atom stereocenters. The molecule has 0 heterocycles. The fourth-order valence-electron chi connectivity index (χ4n) is 2.08. The van der Waals surface area contributed by atoms with Gasteiger partial charge in [-0.1, -0.05) is 24.3 Å². The van der Waals surface area contributed by atoms with E-state index in [1.807, 2.05) is 30.3 Å². The molecule has 2 aromatic rings. The van der Waals surface area contributed by atoms with Crippen LogP contribution in [-0.4, -0.2) is 32.1 Å². The Morgan fingerprint density at radius 2 is 1.74 bits per heavy atom. The highest BCUT2D eigenvalue weighted by Crippen LogP contribution is 2.16. The zero-order valence-corrected chi connectivity index (χ0v) is 13.4. The second kappa shape index (κ2) is 7.45. The maximum absolute atomic E-state index is 12.4. The Morgan fingerprint density at radius 1 is 1.04 bits per heavy atom. The standard InChI is InChI=1S/C18H19NO4/c1-13(17(20)19(2)15-9-5-4-6-10-15)23-18(21)14-8-7-11-16(12-14)22-3/h4-13H,1-3H3/t13-/m1/s1. The summed E-state index contributed by atoms with van der Waals surface area (Å²) in [5.74, 6) is -0.307. The number of methoxy groups -OCH3 is 1. The molecule has 0 fully saturated rings. The Bertz CT molecular complexity index is 684. The van der Waals surface area contributed by atoms with Crippen molar-refractivity contribution in [3.05, 3.63) is 60.2 Å². The van der Waals surface area contributed by atoms with Gasteiger partial charge in [-0.05, 0) is 37.3 Å². The van der Waals surface area contributed by atoms with E-state index in [-0.39, 0.29) is 5.91 Å². The predicted molar refractivity (Wildman–Crippen MR) is 87.7 cm³/mol. The first-order valence-corrected chi connectivity index (χ1v) is 7.20. The molecule has 0 aromatic heterocycles. The number of hydrogen-bond acceptors (Lipinski definition) is 4. The van der Waals surface area contributed by atoms with Crippen LogP contribution in [-0.2, 0) is 9.53 Å². The van der Waals surface area contributed by atoms with Crippen molar-refractivity contribution in [3.63, 3.8) is 0 Å². The molecule has 0 aliphatic carbocycles. The summed E-state index contributed by atoms with van der Waals surface area (Å²) < 4.78 is 10.3. The van der Waals surface area contributed by atoms with E-state index in [4.69, 9.17) is 9.47 Å². The van der Waals surface area contributed by atoms with Crippen molar-refractivity contribution in [1.29, 1.82) is 0 Å². The first-order chi connectivity index (χ1) is 11.0. The topological polar surface area (TPSA) is 55.8 Å². The van der Waals surface area contributed by atoms with Crippen LogP contribution in [0.5, 0.6) is 5.75 Å². The molecule has 0 N–H and O–H groups in total. The minimum absolute atomic E-state index is 0.299. The van der Waals surface area contributed by atoms with Gasteiger partial charge in [-0.2, -0.15) is 0 Å². The van der Waals surface area contributed by atoms with Crippen molar-refractivity contribution in [3.8, 4) is 5.75 Å². The van der Waals surface area contributed by atoms with Gasteiger partial charge >= 0.3 is 5.97 Å². The van der Waals surface area contributed by atoms with Crippen molar-refractivity contribution in [2.45, 2.75) is 13.0 Å². The highest BCUT2D eigenvalue weighted by molar-refractivity contribution is 5.98. The van der Waals surface area contributed by atoms with E-state index >= 15 is 0 Å². The van der Waals surface area contributed by atoms with Gasteiger partial charge < -0.3 is 14.4 Å². The molecule has 120 valence electrons. The summed E-state index contributed by atoms with van der Waals surface area (Å²) in [6.45, 7) is 1.56. The van der Waals surface area contributed by atoms with E-state index in [0.29, 0.717) is 11.3 Å². The Kier molecular flexibility index (Phi) is 5.36. The summed E-state index contributed by atoms with van der Waals surface area (Å²) in [6.07, 6.45) is -0.890. The number of nitrogens with zero attached hydrogens (tertiary/aromatic N) is 1. The lowest BCUT2D eigenvalue weighted by molar-refractivity contribution is -0.126. The zero-order chi connectivity index (χ0) is 16.8. The van der Waals surface area contributed by atoms with Crippen LogP contribution in [0, 0.1) is 0 Å². The number of likely N-dealkylation sites (N-methyl/N-ethyl adjacent to an activating group) is 1. The molecule has 0 aliphatic rings. The van der Waals surface area contributed by atoms with E-state index in [1.54, 1.807) is 38.2 Å². The Hall–Kier alpha value is -2.82. The number of carbonyl (C=O) groups excluding carboxylic acids is 2. The smallest absolute Gasteiger partial charge is 0.339 e. The molecule has 0 bridgehead atoms. The maximum atomic E-state index is 12.4. The Balaban J connectivity index is 2.04. The van der Waals surface area contributed by atoms with Crippen molar-refractivity contribution in [1.82, 2.24) is 0 Å². The fraction of sp³-hybridized carbons (Fsp3) is 0.222. The summed E-state index contributed by atoms with van der Waals surface area (Å²) in [7, 11) is 3.17. The third-order valence-electron chi connectivity index (χ3n) is 3.41. The number of para-hydroxylation sites is 1. The summed E-state index contributed by atoms with van der Waals surface area (Å²) >= 11 is 0. The molecule has 1 amide bonds. The van der Waals surface area contributed by atoms with Crippen LogP contribution < -0.4 is 9.64 Å². The predicted octanol–water partition coefficient (Wildman–Crippen LogP) is 2.90. The molecule has 0 radical (unpaired) electrons.